The lowest BCUT2D eigenvalue weighted by Crippen LogP contribution is -2.30. The SMILES string of the molecule is CCCCN(CCO)c1ncccc1S(C)(=O)=O. The molecule has 0 aliphatic heterocycles. The van der Waals surface area contributed by atoms with Gasteiger partial charge in [-0.3, -0.25) is 0 Å². The molecule has 0 saturated heterocycles. The fourth-order valence-electron chi connectivity index (χ4n) is 1.70. The van der Waals surface area contributed by atoms with Crippen LogP contribution < -0.4 is 4.90 Å². The van der Waals surface area contributed by atoms with Crippen molar-refractivity contribution in [3.63, 3.8) is 0 Å². The maximum absolute atomic E-state index is 11.7. The summed E-state index contributed by atoms with van der Waals surface area (Å²) in [6.07, 6.45) is 4.67. The first-order valence-electron chi connectivity index (χ1n) is 6.01. The van der Waals surface area contributed by atoms with E-state index in [1.807, 2.05) is 4.90 Å². The highest BCUT2D eigenvalue weighted by Gasteiger charge is 2.18. The van der Waals surface area contributed by atoms with Crippen molar-refractivity contribution in [2.45, 2.75) is 24.7 Å². The summed E-state index contributed by atoms with van der Waals surface area (Å²) < 4.78 is 23.4. The summed E-state index contributed by atoms with van der Waals surface area (Å²) in [6, 6.07) is 3.16. The first-order chi connectivity index (χ1) is 8.50. The smallest absolute Gasteiger partial charge is 0.179 e. The van der Waals surface area contributed by atoms with Gasteiger partial charge in [0.15, 0.2) is 9.84 Å². The van der Waals surface area contributed by atoms with Crippen molar-refractivity contribution in [2.75, 3.05) is 30.9 Å². The van der Waals surface area contributed by atoms with Crippen LogP contribution in [0.5, 0.6) is 0 Å². The van der Waals surface area contributed by atoms with Gasteiger partial charge >= 0.3 is 0 Å². The summed E-state index contributed by atoms with van der Waals surface area (Å²) in [5.41, 5.74) is 0. The van der Waals surface area contributed by atoms with E-state index in [9.17, 15) is 8.42 Å². The minimum atomic E-state index is -3.31. The van der Waals surface area contributed by atoms with Crippen molar-refractivity contribution in [2.24, 2.45) is 0 Å². The largest absolute Gasteiger partial charge is 0.395 e. The van der Waals surface area contributed by atoms with Crippen LogP contribution in [0.25, 0.3) is 0 Å². The third-order valence-corrected chi connectivity index (χ3v) is 3.72. The van der Waals surface area contributed by atoms with Crippen LogP contribution in [-0.4, -0.2) is 44.5 Å². The monoisotopic (exact) mass is 272 g/mol. The van der Waals surface area contributed by atoms with Crippen LogP contribution in [0.1, 0.15) is 19.8 Å². The Bertz CT molecular complexity index is 474. The molecule has 0 saturated carbocycles. The standard InChI is InChI=1S/C12H20N2O3S/c1-3-4-8-14(9-10-15)12-11(18(2,16)17)6-5-7-13-12/h5-7,15H,3-4,8-10H2,1-2H3. The molecule has 102 valence electrons. The highest BCUT2D eigenvalue weighted by molar-refractivity contribution is 7.90. The van der Waals surface area contributed by atoms with Gasteiger partial charge in [0.1, 0.15) is 10.7 Å². The number of sulfone groups is 1. The second-order valence-corrected chi connectivity index (χ2v) is 6.15. The number of hydrogen-bond acceptors (Lipinski definition) is 5. The maximum Gasteiger partial charge on any atom is 0.179 e. The summed E-state index contributed by atoms with van der Waals surface area (Å²) in [5, 5.41) is 9.07. The second kappa shape index (κ2) is 6.70. The van der Waals surface area contributed by atoms with Crippen molar-refractivity contribution in [3.8, 4) is 0 Å². The molecular formula is C12H20N2O3S. The predicted octanol–water partition coefficient (Wildman–Crippen LogP) is 1.08. The molecule has 6 heteroatoms. The molecule has 0 aromatic carbocycles. The fraction of sp³-hybridized carbons (Fsp3) is 0.583. The van der Waals surface area contributed by atoms with Crippen molar-refractivity contribution in [3.05, 3.63) is 18.3 Å². The van der Waals surface area contributed by atoms with Gasteiger partial charge in [-0.15, -0.1) is 0 Å². The third-order valence-electron chi connectivity index (χ3n) is 2.60. The predicted molar refractivity (Wildman–Crippen MR) is 71.6 cm³/mol. The van der Waals surface area contributed by atoms with Crippen molar-refractivity contribution in [1.29, 1.82) is 0 Å². The van der Waals surface area contributed by atoms with Crippen LogP contribution in [0.2, 0.25) is 0 Å². The number of unbranched alkanes of at least 4 members (excludes halogenated alkanes) is 1. The first kappa shape index (κ1) is 14.9. The summed E-state index contributed by atoms with van der Waals surface area (Å²) in [5.74, 6) is 0.433. The third kappa shape index (κ3) is 3.96. The van der Waals surface area contributed by atoms with E-state index in [0.29, 0.717) is 18.9 Å². The van der Waals surface area contributed by atoms with Gasteiger partial charge in [-0.05, 0) is 18.6 Å². The second-order valence-electron chi connectivity index (χ2n) is 4.16. The lowest BCUT2D eigenvalue weighted by molar-refractivity contribution is 0.301. The highest BCUT2D eigenvalue weighted by atomic mass is 32.2. The lowest BCUT2D eigenvalue weighted by atomic mass is 10.3. The van der Waals surface area contributed by atoms with Gasteiger partial charge < -0.3 is 10.0 Å². The molecule has 1 rings (SSSR count). The summed E-state index contributed by atoms with van der Waals surface area (Å²) in [7, 11) is -3.31. The van der Waals surface area contributed by atoms with E-state index in [1.165, 1.54) is 6.26 Å². The molecule has 1 heterocycles. The van der Waals surface area contributed by atoms with E-state index in [4.69, 9.17) is 5.11 Å². The Kier molecular flexibility index (Phi) is 5.55. The highest BCUT2D eigenvalue weighted by Crippen LogP contribution is 2.22. The maximum atomic E-state index is 11.7. The van der Waals surface area contributed by atoms with E-state index in [0.717, 1.165) is 12.8 Å². The first-order valence-corrected chi connectivity index (χ1v) is 7.90. The van der Waals surface area contributed by atoms with Gasteiger partial charge in [-0.2, -0.15) is 0 Å². The Morgan fingerprint density at radius 3 is 2.67 bits per heavy atom. The zero-order chi connectivity index (χ0) is 13.6. The molecule has 0 bridgehead atoms. The van der Waals surface area contributed by atoms with Gasteiger partial charge in [0.2, 0.25) is 0 Å². The van der Waals surface area contributed by atoms with E-state index in [-0.39, 0.29) is 11.5 Å². The molecule has 0 aliphatic rings. The quantitative estimate of drug-likeness (QED) is 0.804. The van der Waals surface area contributed by atoms with E-state index in [2.05, 4.69) is 11.9 Å². The minimum Gasteiger partial charge on any atom is -0.395 e. The van der Waals surface area contributed by atoms with Gasteiger partial charge in [0.05, 0.1) is 6.61 Å². The Hall–Kier alpha value is -1.14. The lowest BCUT2D eigenvalue weighted by Gasteiger charge is -2.24. The zero-order valence-corrected chi connectivity index (χ0v) is 11.7. The fourth-order valence-corrected chi connectivity index (χ4v) is 2.54. The average molecular weight is 272 g/mol. The number of nitrogens with zero attached hydrogens (tertiary/aromatic N) is 2. The van der Waals surface area contributed by atoms with Crippen LogP contribution in [-0.2, 0) is 9.84 Å². The summed E-state index contributed by atoms with van der Waals surface area (Å²) in [6.45, 7) is 3.12. The van der Waals surface area contributed by atoms with E-state index < -0.39 is 9.84 Å². The Labute approximate surface area is 108 Å². The number of aromatic nitrogens is 1. The number of aliphatic hydroxyl groups is 1. The molecule has 0 atom stereocenters. The van der Waals surface area contributed by atoms with Crippen LogP contribution in [0.3, 0.4) is 0 Å². The molecule has 18 heavy (non-hydrogen) atoms. The van der Waals surface area contributed by atoms with Crippen molar-refractivity contribution in [1.82, 2.24) is 4.98 Å². The Morgan fingerprint density at radius 1 is 1.39 bits per heavy atom. The molecule has 1 aromatic heterocycles. The molecule has 1 N–H and O–H groups in total. The molecule has 0 aliphatic carbocycles. The number of anilines is 1. The van der Waals surface area contributed by atoms with Crippen LogP contribution in [0, 0.1) is 0 Å². The molecule has 0 unspecified atom stereocenters. The van der Waals surface area contributed by atoms with Gasteiger partial charge in [-0.25, -0.2) is 13.4 Å². The zero-order valence-electron chi connectivity index (χ0n) is 10.8. The topological polar surface area (TPSA) is 70.5 Å². The van der Waals surface area contributed by atoms with Crippen molar-refractivity contribution < 1.29 is 13.5 Å². The molecule has 0 radical (unpaired) electrons. The van der Waals surface area contributed by atoms with Gasteiger partial charge in [0, 0.05) is 25.5 Å². The molecular weight excluding hydrogens is 252 g/mol. The van der Waals surface area contributed by atoms with E-state index >= 15 is 0 Å². The van der Waals surface area contributed by atoms with Crippen LogP contribution in [0.4, 0.5) is 5.82 Å². The number of pyridine rings is 1. The number of rotatable bonds is 7. The molecule has 0 amide bonds. The van der Waals surface area contributed by atoms with Gasteiger partial charge in [0.25, 0.3) is 0 Å². The summed E-state index contributed by atoms with van der Waals surface area (Å²) in [4.78, 5) is 6.19. The number of aliphatic hydroxyl groups excluding tert-OH is 1. The molecule has 1 aromatic rings. The van der Waals surface area contributed by atoms with Crippen LogP contribution >= 0.6 is 0 Å². The number of hydrogen-bond donors (Lipinski definition) is 1. The average Bonchev–Trinajstić information content (AvgIpc) is 2.33. The van der Waals surface area contributed by atoms with Crippen LogP contribution in [0.15, 0.2) is 23.2 Å². The normalized spacial score (nSPS) is 11.5. The Balaban J connectivity index is 3.11. The summed E-state index contributed by atoms with van der Waals surface area (Å²) >= 11 is 0. The molecule has 0 fully saturated rings. The van der Waals surface area contributed by atoms with E-state index in [1.54, 1.807) is 18.3 Å². The van der Waals surface area contributed by atoms with Crippen molar-refractivity contribution >= 4 is 15.7 Å². The molecule has 0 spiro atoms. The Morgan fingerprint density at radius 2 is 2.11 bits per heavy atom. The minimum absolute atomic E-state index is 0.0243. The van der Waals surface area contributed by atoms with Gasteiger partial charge in [-0.1, -0.05) is 13.3 Å². The molecule has 5 nitrogen and oxygen atoms in total.